The number of amidine groups is 1. The minimum atomic E-state index is -1.21. The summed E-state index contributed by atoms with van der Waals surface area (Å²) in [4.78, 5) is 44.9. The number of carbonyl (C=O) groups excluding carboxylic acids is 3. The number of carbonyl (C=O) groups is 3. The van der Waals surface area contributed by atoms with Gasteiger partial charge < -0.3 is 26.3 Å². The fourth-order valence-corrected chi connectivity index (χ4v) is 2.69. The number of hydrogen-bond donors (Lipinski definition) is 5. The van der Waals surface area contributed by atoms with E-state index in [1.807, 2.05) is 6.92 Å². The number of amides is 1. The number of nitrogen functional groups attached to an aromatic ring is 1. The predicted molar refractivity (Wildman–Crippen MR) is 109 cm³/mol. The number of nitrogens with zero attached hydrogens (tertiary/aromatic N) is 1. The van der Waals surface area contributed by atoms with E-state index < -0.39 is 24.3 Å². The molecule has 31 heavy (non-hydrogen) atoms. The van der Waals surface area contributed by atoms with Crippen molar-refractivity contribution in [2.45, 2.75) is 50.8 Å². The maximum Gasteiger partial charge on any atom is 0.516 e. The van der Waals surface area contributed by atoms with E-state index in [0.717, 1.165) is 6.42 Å². The SMILES string of the molecule is CCCCOC(=O)OC(=O)C(N)CNC(=O)C[C@@H]1CC(c2ccc(C(=N)N)cn2)NO1. The van der Waals surface area contributed by atoms with Crippen LogP contribution in [0.2, 0.25) is 0 Å². The third-order valence-corrected chi connectivity index (χ3v) is 4.47. The molecule has 2 rings (SSSR count). The average Bonchev–Trinajstić information content (AvgIpc) is 3.20. The van der Waals surface area contributed by atoms with Crippen LogP contribution in [-0.4, -0.2) is 54.1 Å². The lowest BCUT2D eigenvalue weighted by Crippen LogP contribution is -2.44. The molecule has 0 saturated carbocycles. The predicted octanol–water partition coefficient (Wildman–Crippen LogP) is 0.0138. The van der Waals surface area contributed by atoms with E-state index in [-0.39, 0.29) is 37.4 Å². The van der Waals surface area contributed by atoms with Crippen molar-refractivity contribution < 1.29 is 28.7 Å². The minimum absolute atomic E-state index is 0.0376. The molecule has 1 aromatic heterocycles. The van der Waals surface area contributed by atoms with E-state index in [2.05, 4.69) is 20.5 Å². The van der Waals surface area contributed by atoms with E-state index in [1.165, 1.54) is 6.20 Å². The van der Waals surface area contributed by atoms with Crippen LogP contribution in [0.25, 0.3) is 0 Å². The Bertz CT molecular complexity index is 787. The van der Waals surface area contributed by atoms with Crippen LogP contribution in [-0.2, 0) is 23.9 Å². The van der Waals surface area contributed by atoms with Crippen LogP contribution in [0.4, 0.5) is 4.79 Å². The van der Waals surface area contributed by atoms with E-state index >= 15 is 0 Å². The maximum atomic E-state index is 12.1. The summed E-state index contributed by atoms with van der Waals surface area (Å²) in [5.41, 5.74) is 15.1. The topological polar surface area (TPSA) is 192 Å². The molecule has 3 atom stereocenters. The van der Waals surface area contributed by atoms with E-state index in [0.29, 0.717) is 24.1 Å². The minimum Gasteiger partial charge on any atom is -0.434 e. The molecule has 0 aromatic carbocycles. The van der Waals surface area contributed by atoms with Crippen LogP contribution in [0.15, 0.2) is 18.3 Å². The van der Waals surface area contributed by atoms with E-state index in [1.54, 1.807) is 12.1 Å². The molecule has 1 aliphatic heterocycles. The zero-order valence-corrected chi connectivity index (χ0v) is 17.3. The largest absolute Gasteiger partial charge is 0.516 e. The Morgan fingerprint density at radius 3 is 2.84 bits per heavy atom. The lowest BCUT2D eigenvalue weighted by Gasteiger charge is -2.13. The van der Waals surface area contributed by atoms with Gasteiger partial charge in [-0.15, -0.1) is 0 Å². The number of unbranched alkanes of at least 4 members (excludes halogenated alkanes) is 1. The number of nitrogens with one attached hydrogen (secondary N) is 3. The Balaban J connectivity index is 1.69. The number of aromatic nitrogens is 1. The first-order chi connectivity index (χ1) is 14.8. The number of rotatable bonds is 10. The van der Waals surface area contributed by atoms with Crippen molar-refractivity contribution in [3.8, 4) is 0 Å². The van der Waals surface area contributed by atoms with Gasteiger partial charge in [-0.1, -0.05) is 13.3 Å². The summed E-state index contributed by atoms with van der Waals surface area (Å²) in [6, 6.07) is 2.00. The highest BCUT2D eigenvalue weighted by atomic mass is 16.7. The van der Waals surface area contributed by atoms with Crippen LogP contribution in [0.3, 0.4) is 0 Å². The summed E-state index contributed by atoms with van der Waals surface area (Å²) in [6.07, 6.45) is 2.01. The zero-order valence-electron chi connectivity index (χ0n) is 17.3. The van der Waals surface area contributed by atoms with Crippen molar-refractivity contribution in [1.29, 1.82) is 5.41 Å². The second-order valence-corrected chi connectivity index (χ2v) is 7.02. The van der Waals surface area contributed by atoms with Gasteiger partial charge in [0, 0.05) is 18.3 Å². The maximum absolute atomic E-state index is 12.1. The van der Waals surface area contributed by atoms with Crippen LogP contribution >= 0.6 is 0 Å². The second-order valence-electron chi connectivity index (χ2n) is 7.02. The first kappa shape index (κ1) is 24.2. The summed E-state index contributed by atoms with van der Waals surface area (Å²) in [5.74, 6) is -1.43. The second kappa shape index (κ2) is 11.9. The van der Waals surface area contributed by atoms with Gasteiger partial charge in [-0.2, -0.15) is 5.48 Å². The number of hydrogen-bond acceptors (Lipinski definition) is 10. The standard InChI is InChI=1S/C19H28N6O6/c1-2-3-6-29-19(28)30-18(27)13(20)10-24-16(26)8-12-7-15(25-31-12)14-5-4-11(9-23-14)17(21)22/h4-5,9,12-13,15,25H,2-3,6-8,10,20H2,1H3,(H3,21,22)(H,24,26)/t12-,13?,15?/m0/s1. The summed E-state index contributed by atoms with van der Waals surface area (Å²) < 4.78 is 9.18. The molecule has 2 unspecified atom stereocenters. The van der Waals surface area contributed by atoms with Crippen molar-refractivity contribution in [1.82, 2.24) is 15.8 Å². The monoisotopic (exact) mass is 436 g/mol. The first-order valence-corrected chi connectivity index (χ1v) is 9.92. The van der Waals surface area contributed by atoms with Crippen LogP contribution in [0.1, 0.15) is 49.9 Å². The summed E-state index contributed by atoms with van der Waals surface area (Å²) >= 11 is 0. The lowest BCUT2D eigenvalue weighted by molar-refractivity contribution is -0.141. The number of esters is 1. The molecule has 0 radical (unpaired) electrons. The molecular formula is C19H28N6O6. The van der Waals surface area contributed by atoms with Crippen molar-refractivity contribution in [2.75, 3.05) is 13.2 Å². The molecule has 12 nitrogen and oxygen atoms in total. The highest BCUT2D eigenvalue weighted by Gasteiger charge is 2.29. The van der Waals surface area contributed by atoms with Gasteiger partial charge in [0.15, 0.2) is 0 Å². The number of pyridine rings is 1. The quantitative estimate of drug-likeness (QED) is 0.110. The third-order valence-electron chi connectivity index (χ3n) is 4.47. The van der Waals surface area contributed by atoms with E-state index in [4.69, 9.17) is 26.5 Å². The molecule has 1 aromatic rings. The fraction of sp³-hybridized carbons (Fsp3) is 0.526. The zero-order chi connectivity index (χ0) is 22.8. The van der Waals surface area contributed by atoms with Crippen molar-refractivity contribution in [3.63, 3.8) is 0 Å². The smallest absolute Gasteiger partial charge is 0.434 e. The highest BCUT2D eigenvalue weighted by Crippen LogP contribution is 2.25. The Kier molecular flexibility index (Phi) is 9.31. The van der Waals surface area contributed by atoms with Gasteiger partial charge in [-0.05, 0) is 25.0 Å². The molecule has 1 saturated heterocycles. The molecule has 2 heterocycles. The summed E-state index contributed by atoms with van der Waals surface area (Å²) in [6.45, 7) is 1.88. The highest BCUT2D eigenvalue weighted by molar-refractivity contribution is 5.94. The molecule has 1 aliphatic rings. The number of hydroxylamine groups is 1. The number of ether oxygens (including phenoxy) is 2. The first-order valence-electron chi connectivity index (χ1n) is 9.92. The van der Waals surface area contributed by atoms with Crippen LogP contribution in [0.5, 0.6) is 0 Å². The molecule has 1 amide bonds. The summed E-state index contributed by atoms with van der Waals surface area (Å²) in [7, 11) is 0. The van der Waals surface area contributed by atoms with Gasteiger partial charge >= 0.3 is 12.1 Å². The van der Waals surface area contributed by atoms with E-state index in [9.17, 15) is 14.4 Å². The average molecular weight is 436 g/mol. The molecule has 1 fully saturated rings. The molecule has 0 aliphatic carbocycles. The third kappa shape index (κ3) is 7.92. The normalized spacial score (nSPS) is 18.8. The Morgan fingerprint density at radius 1 is 1.42 bits per heavy atom. The fourth-order valence-electron chi connectivity index (χ4n) is 2.69. The van der Waals surface area contributed by atoms with Crippen LogP contribution in [0, 0.1) is 5.41 Å². The molecule has 12 heteroatoms. The van der Waals surface area contributed by atoms with Crippen molar-refractivity contribution in [3.05, 3.63) is 29.6 Å². The molecule has 7 N–H and O–H groups in total. The lowest BCUT2D eigenvalue weighted by atomic mass is 10.0. The Morgan fingerprint density at radius 2 is 2.19 bits per heavy atom. The van der Waals surface area contributed by atoms with Gasteiger partial charge in [0.05, 0.1) is 30.9 Å². The molecule has 170 valence electrons. The molecule has 0 spiro atoms. The Hall–Kier alpha value is -3.09. The Labute approximate surface area is 179 Å². The van der Waals surface area contributed by atoms with Crippen molar-refractivity contribution in [2.24, 2.45) is 11.5 Å². The van der Waals surface area contributed by atoms with Gasteiger partial charge in [-0.3, -0.25) is 20.0 Å². The van der Waals surface area contributed by atoms with Crippen LogP contribution < -0.4 is 22.3 Å². The van der Waals surface area contributed by atoms with Gasteiger partial charge in [-0.25, -0.2) is 9.59 Å². The van der Waals surface area contributed by atoms with Crippen molar-refractivity contribution >= 4 is 23.9 Å². The molecular weight excluding hydrogens is 408 g/mol. The van der Waals surface area contributed by atoms with Gasteiger partial charge in [0.2, 0.25) is 5.91 Å². The van der Waals surface area contributed by atoms with Gasteiger partial charge in [0.1, 0.15) is 11.9 Å². The molecule has 0 bridgehead atoms. The summed E-state index contributed by atoms with van der Waals surface area (Å²) in [5, 5.41) is 9.89. The number of nitrogens with two attached hydrogens (primary N) is 2. The van der Waals surface area contributed by atoms with Gasteiger partial charge in [0.25, 0.3) is 0 Å².